The number of nitrogens with zero attached hydrogens (tertiary/aromatic N) is 2. The van der Waals surface area contributed by atoms with E-state index in [-0.39, 0.29) is 5.56 Å². The van der Waals surface area contributed by atoms with Crippen LogP contribution < -0.4 is 20.5 Å². The van der Waals surface area contributed by atoms with Gasteiger partial charge in [-0.3, -0.25) is 9.36 Å². The number of aromatic nitrogens is 2. The fourth-order valence-corrected chi connectivity index (χ4v) is 3.16. The Morgan fingerprint density at radius 2 is 1.81 bits per heavy atom. The molecule has 11 heteroatoms. The Balaban J connectivity index is 1.86. The number of benzene rings is 1. The van der Waals surface area contributed by atoms with Crippen LogP contribution >= 0.6 is 0 Å². The van der Waals surface area contributed by atoms with Crippen LogP contribution in [0.4, 0.5) is 10.2 Å². The predicted molar refractivity (Wildman–Crippen MR) is 107 cm³/mol. The molecule has 0 bridgehead atoms. The number of aliphatic hydroxyl groups is 2. The fraction of sp³-hybridized carbons (Fsp3) is 0.450. The Bertz CT molecular complexity index is 989. The number of nitrogens with one attached hydrogen (secondary N) is 1. The second-order valence-corrected chi connectivity index (χ2v) is 6.85. The van der Waals surface area contributed by atoms with Crippen molar-refractivity contribution in [2.75, 3.05) is 18.5 Å². The van der Waals surface area contributed by atoms with Gasteiger partial charge in [0.25, 0.3) is 5.91 Å². The lowest BCUT2D eigenvalue weighted by Crippen LogP contribution is -2.36. The lowest BCUT2D eigenvalue weighted by Gasteiger charge is -2.18. The zero-order valence-electron chi connectivity index (χ0n) is 17.2. The first kappa shape index (κ1) is 22.7. The summed E-state index contributed by atoms with van der Waals surface area (Å²) in [5.41, 5.74) is -0.855. The Hall–Kier alpha value is -3.02. The molecule has 2 unspecified atom stereocenters. The molecule has 10 nitrogen and oxygen atoms in total. The van der Waals surface area contributed by atoms with Crippen LogP contribution in [-0.2, 0) is 4.74 Å². The van der Waals surface area contributed by atoms with Gasteiger partial charge in [0, 0.05) is 11.6 Å². The van der Waals surface area contributed by atoms with E-state index >= 15 is 0 Å². The van der Waals surface area contributed by atoms with Crippen molar-refractivity contribution in [3.8, 4) is 11.5 Å². The largest absolute Gasteiger partial charge is 0.494 e. The smallest absolute Gasteiger partial charge is 0.351 e. The minimum atomic E-state index is -1.44. The van der Waals surface area contributed by atoms with Crippen molar-refractivity contribution in [1.82, 2.24) is 9.55 Å². The molecule has 0 aliphatic carbocycles. The average molecular weight is 437 g/mol. The molecule has 1 aromatic carbocycles. The standard InChI is InChI=1S/C20H24FN3O7/c1-4-29-12-6-11(7-13(8-12)30-5-2)18(27)22-17-14(21)9-24(20(28)23-17)19-16(26)15(25)10(3)31-19/h6-10,15-16,19,25-26H,4-5H2,1-3H3,(H,22,23,27,28)/t10-,15?,16?,19-/m1/s1. The van der Waals surface area contributed by atoms with E-state index in [0.717, 1.165) is 10.8 Å². The molecule has 1 aromatic heterocycles. The minimum absolute atomic E-state index is 0.117. The van der Waals surface area contributed by atoms with E-state index < -0.39 is 47.8 Å². The summed E-state index contributed by atoms with van der Waals surface area (Å²) in [6, 6.07) is 4.52. The van der Waals surface area contributed by atoms with Gasteiger partial charge in [-0.25, -0.2) is 9.18 Å². The number of halogens is 1. The fourth-order valence-electron chi connectivity index (χ4n) is 3.16. The molecular weight excluding hydrogens is 413 g/mol. The molecule has 1 aliphatic heterocycles. The molecule has 1 saturated heterocycles. The molecule has 1 fully saturated rings. The van der Waals surface area contributed by atoms with Crippen LogP contribution in [0.5, 0.6) is 11.5 Å². The van der Waals surface area contributed by atoms with E-state index in [1.54, 1.807) is 19.9 Å². The van der Waals surface area contributed by atoms with Gasteiger partial charge in [0.2, 0.25) is 0 Å². The Morgan fingerprint density at radius 3 is 2.32 bits per heavy atom. The van der Waals surface area contributed by atoms with Gasteiger partial charge in [-0.1, -0.05) is 0 Å². The molecule has 3 rings (SSSR count). The number of aliphatic hydroxyl groups excluding tert-OH is 2. The van der Waals surface area contributed by atoms with Crippen molar-refractivity contribution in [1.29, 1.82) is 0 Å². The topological polar surface area (TPSA) is 132 Å². The summed E-state index contributed by atoms with van der Waals surface area (Å²) in [4.78, 5) is 28.5. The van der Waals surface area contributed by atoms with Crippen molar-refractivity contribution < 1.29 is 33.6 Å². The van der Waals surface area contributed by atoms with Crippen LogP contribution in [0.15, 0.2) is 29.2 Å². The van der Waals surface area contributed by atoms with E-state index in [1.165, 1.54) is 19.1 Å². The lowest BCUT2D eigenvalue weighted by molar-refractivity contribution is -0.0355. The second-order valence-electron chi connectivity index (χ2n) is 6.85. The summed E-state index contributed by atoms with van der Waals surface area (Å²) in [5.74, 6) is -1.56. The van der Waals surface area contributed by atoms with Crippen molar-refractivity contribution in [2.24, 2.45) is 0 Å². The molecule has 2 aromatic rings. The quantitative estimate of drug-likeness (QED) is 0.586. The zero-order valence-corrected chi connectivity index (χ0v) is 17.2. The summed E-state index contributed by atoms with van der Waals surface area (Å²) in [7, 11) is 0. The zero-order chi connectivity index (χ0) is 22.7. The van der Waals surface area contributed by atoms with E-state index in [1.807, 2.05) is 0 Å². The highest BCUT2D eigenvalue weighted by Gasteiger charge is 2.42. The molecule has 31 heavy (non-hydrogen) atoms. The number of carbonyl (C=O) groups excluding carboxylic acids is 1. The van der Waals surface area contributed by atoms with Gasteiger partial charge < -0.3 is 29.7 Å². The molecule has 2 heterocycles. The number of ether oxygens (including phenoxy) is 3. The van der Waals surface area contributed by atoms with E-state index in [2.05, 4.69) is 10.3 Å². The number of hydrogen-bond donors (Lipinski definition) is 3. The molecule has 1 aliphatic rings. The third-order valence-corrected chi connectivity index (χ3v) is 4.65. The number of hydrogen-bond acceptors (Lipinski definition) is 8. The van der Waals surface area contributed by atoms with Crippen LogP contribution in [0.25, 0.3) is 0 Å². The predicted octanol–water partition coefficient (Wildman–Crippen LogP) is 1.07. The van der Waals surface area contributed by atoms with E-state index in [0.29, 0.717) is 24.7 Å². The summed E-state index contributed by atoms with van der Waals surface area (Å²) < 4.78 is 31.5. The van der Waals surface area contributed by atoms with Gasteiger partial charge in [0.15, 0.2) is 17.9 Å². The first-order valence-corrected chi connectivity index (χ1v) is 9.77. The Labute approximate surface area is 177 Å². The van der Waals surface area contributed by atoms with Crippen LogP contribution in [-0.4, -0.2) is 57.2 Å². The average Bonchev–Trinajstić information content (AvgIpc) is 2.98. The normalized spacial score (nSPS) is 22.9. The number of anilines is 1. The minimum Gasteiger partial charge on any atom is -0.494 e. The summed E-state index contributed by atoms with van der Waals surface area (Å²) >= 11 is 0. The number of carbonyl (C=O) groups is 1. The maximum Gasteiger partial charge on any atom is 0.351 e. The number of rotatable bonds is 7. The summed E-state index contributed by atoms with van der Waals surface area (Å²) in [5, 5.41) is 22.1. The molecule has 0 saturated carbocycles. The maximum absolute atomic E-state index is 14.6. The molecule has 3 N–H and O–H groups in total. The highest BCUT2D eigenvalue weighted by molar-refractivity contribution is 6.04. The highest BCUT2D eigenvalue weighted by Crippen LogP contribution is 2.28. The van der Waals surface area contributed by atoms with Gasteiger partial charge in [0.05, 0.1) is 25.5 Å². The monoisotopic (exact) mass is 437 g/mol. The lowest BCUT2D eigenvalue weighted by atomic mass is 10.1. The van der Waals surface area contributed by atoms with Crippen molar-refractivity contribution in [2.45, 2.75) is 45.3 Å². The second kappa shape index (κ2) is 9.41. The molecule has 0 spiro atoms. The maximum atomic E-state index is 14.6. The summed E-state index contributed by atoms with van der Waals surface area (Å²) in [6.07, 6.45) is -3.98. The molecule has 168 valence electrons. The van der Waals surface area contributed by atoms with Gasteiger partial charge in [-0.05, 0) is 32.9 Å². The molecule has 4 atom stereocenters. The van der Waals surface area contributed by atoms with E-state index in [4.69, 9.17) is 14.2 Å². The SMILES string of the molecule is CCOc1cc(OCC)cc(C(=O)Nc2nc(=O)n([C@@H]3O[C@H](C)C(O)C3O)cc2F)c1. The number of amides is 1. The Kier molecular flexibility index (Phi) is 6.88. The van der Waals surface area contributed by atoms with Crippen LogP contribution in [0, 0.1) is 5.82 Å². The molecular formula is C20H24FN3O7. The van der Waals surface area contributed by atoms with Gasteiger partial charge >= 0.3 is 5.69 Å². The first-order chi connectivity index (χ1) is 14.7. The van der Waals surface area contributed by atoms with Crippen molar-refractivity contribution in [3.05, 3.63) is 46.3 Å². The van der Waals surface area contributed by atoms with Gasteiger partial charge in [0.1, 0.15) is 23.7 Å². The van der Waals surface area contributed by atoms with Gasteiger partial charge in [-0.2, -0.15) is 4.98 Å². The van der Waals surface area contributed by atoms with Gasteiger partial charge in [-0.15, -0.1) is 0 Å². The van der Waals surface area contributed by atoms with Crippen LogP contribution in [0.1, 0.15) is 37.4 Å². The Morgan fingerprint density at radius 1 is 1.19 bits per heavy atom. The van der Waals surface area contributed by atoms with Crippen LogP contribution in [0.2, 0.25) is 0 Å². The molecule has 0 radical (unpaired) electrons. The molecule has 1 amide bonds. The first-order valence-electron chi connectivity index (χ1n) is 9.77. The van der Waals surface area contributed by atoms with Crippen molar-refractivity contribution >= 4 is 11.7 Å². The highest BCUT2D eigenvalue weighted by atomic mass is 19.1. The third kappa shape index (κ3) is 4.84. The summed E-state index contributed by atoms with van der Waals surface area (Å²) in [6.45, 7) is 5.81. The third-order valence-electron chi connectivity index (χ3n) is 4.65. The van der Waals surface area contributed by atoms with E-state index in [9.17, 15) is 24.2 Å². The van der Waals surface area contributed by atoms with Crippen LogP contribution in [0.3, 0.4) is 0 Å². The van der Waals surface area contributed by atoms with Crippen molar-refractivity contribution in [3.63, 3.8) is 0 Å².